The third-order valence-electron chi connectivity index (χ3n) is 3.39. The molecule has 1 aromatic carbocycles. The highest BCUT2D eigenvalue weighted by molar-refractivity contribution is 5.83. The Morgan fingerprint density at radius 2 is 1.73 bits per heavy atom. The van der Waals surface area contributed by atoms with Gasteiger partial charge in [0.15, 0.2) is 0 Å². The van der Waals surface area contributed by atoms with E-state index >= 15 is 0 Å². The molecule has 0 heterocycles. The lowest BCUT2D eigenvalue weighted by molar-refractivity contribution is -0.143. The Bertz CT molecular complexity index is 549. The number of nitrogens with one attached hydrogen (secondary N) is 2. The molecule has 7 nitrogen and oxygen atoms in total. The maximum Gasteiger partial charge on any atom is 0.243 e. The van der Waals surface area contributed by atoms with Gasteiger partial charge in [-0.1, -0.05) is 44.2 Å². The van der Waals surface area contributed by atoms with E-state index in [2.05, 4.69) is 10.8 Å². The van der Waals surface area contributed by atoms with Crippen molar-refractivity contribution in [1.82, 2.24) is 15.7 Å². The lowest BCUT2D eigenvalue weighted by Crippen LogP contribution is -2.43. The molecular formula is C19H31N3O4. The quantitative estimate of drug-likeness (QED) is 0.652. The standard InChI is InChI=1S/C17H25N3O4.C2H6/c1-13(11-20(14(2)21)12-17(23)18-3)24-19-16(22)10-9-15-7-5-4-6-8-15;1-2/h4-8,13H,9-12H2,1-3H3,(H,18,23)(H,19,22);1-2H3. The molecule has 7 heteroatoms. The van der Waals surface area contributed by atoms with E-state index in [0.29, 0.717) is 12.8 Å². The van der Waals surface area contributed by atoms with Gasteiger partial charge in [-0.15, -0.1) is 0 Å². The van der Waals surface area contributed by atoms with Gasteiger partial charge < -0.3 is 10.2 Å². The topological polar surface area (TPSA) is 87.7 Å². The number of hydrogen-bond acceptors (Lipinski definition) is 4. The van der Waals surface area contributed by atoms with Gasteiger partial charge in [0.2, 0.25) is 17.7 Å². The highest BCUT2D eigenvalue weighted by atomic mass is 16.7. The Hall–Kier alpha value is -2.41. The van der Waals surface area contributed by atoms with Crippen LogP contribution >= 0.6 is 0 Å². The van der Waals surface area contributed by atoms with Crippen molar-refractivity contribution < 1.29 is 19.2 Å². The zero-order valence-electron chi connectivity index (χ0n) is 16.4. The van der Waals surface area contributed by atoms with Crippen LogP contribution in [0, 0.1) is 0 Å². The van der Waals surface area contributed by atoms with Gasteiger partial charge in [-0.25, -0.2) is 5.48 Å². The maximum atomic E-state index is 11.8. The maximum absolute atomic E-state index is 11.8. The monoisotopic (exact) mass is 365 g/mol. The number of benzene rings is 1. The van der Waals surface area contributed by atoms with E-state index in [4.69, 9.17) is 4.84 Å². The molecule has 0 fully saturated rings. The number of amides is 3. The molecular weight excluding hydrogens is 334 g/mol. The van der Waals surface area contributed by atoms with Crippen LogP contribution in [0.25, 0.3) is 0 Å². The number of hydroxylamine groups is 1. The first-order valence-electron chi connectivity index (χ1n) is 8.87. The Labute approximate surface area is 156 Å². The van der Waals surface area contributed by atoms with Crippen molar-refractivity contribution in [1.29, 1.82) is 0 Å². The molecule has 1 unspecified atom stereocenters. The fraction of sp³-hybridized carbons (Fsp3) is 0.526. The van der Waals surface area contributed by atoms with Crippen molar-refractivity contribution in [3.8, 4) is 0 Å². The van der Waals surface area contributed by atoms with E-state index in [1.807, 2.05) is 44.2 Å². The number of rotatable bonds is 9. The summed E-state index contributed by atoms with van der Waals surface area (Å²) in [5.74, 6) is -0.722. The summed E-state index contributed by atoms with van der Waals surface area (Å²) in [6.07, 6.45) is 0.505. The van der Waals surface area contributed by atoms with Crippen molar-refractivity contribution in [3.63, 3.8) is 0 Å². The van der Waals surface area contributed by atoms with Gasteiger partial charge >= 0.3 is 0 Å². The molecule has 2 N–H and O–H groups in total. The number of carbonyl (C=O) groups excluding carboxylic acids is 3. The molecule has 146 valence electrons. The molecule has 0 aliphatic heterocycles. The Kier molecular flexibility index (Phi) is 12.6. The average Bonchev–Trinajstić information content (AvgIpc) is 2.66. The first kappa shape index (κ1) is 23.6. The highest BCUT2D eigenvalue weighted by Gasteiger charge is 2.17. The van der Waals surface area contributed by atoms with E-state index in [-0.39, 0.29) is 30.8 Å². The summed E-state index contributed by atoms with van der Waals surface area (Å²) in [6, 6.07) is 9.69. The molecule has 0 aliphatic rings. The van der Waals surface area contributed by atoms with Gasteiger partial charge in [-0.05, 0) is 18.9 Å². The summed E-state index contributed by atoms with van der Waals surface area (Å²) in [5, 5.41) is 2.46. The molecule has 3 amide bonds. The Morgan fingerprint density at radius 1 is 1.12 bits per heavy atom. The lowest BCUT2D eigenvalue weighted by Gasteiger charge is -2.23. The van der Waals surface area contributed by atoms with Gasteiger partial charge in [0.25, 0.3) is 0 Å². The fourth-order valence-corrected chi connectivity index (χ4v) is 2.02. The van der Waals surface area contributed by atoms with E-state index in [0.717, 1.165) is 5.56 Å². The van der Waals surface area contributed by atoms with Crippen LogP contribution in [0.5, 0.6) is 0 Å². The number of nitrogens with zero attached hydrogens (tertiary/aromatic N) is 1. The van der Waals surface area contributed by atoms with E-state index in [1.54, 1.807) is 6.92 Å². The van der Waals surface area contributed by atoms with Gasteiger partial charge in [0.05, 0.1) is 6.54 Å². The second-order valence-corrected chi connectivity index (χ2v) is 5.51. The zero-order chi connectivity index (χ0) is 19.9. The van der Waals surface area contributed by atoms with Crippen molar-refractivity contribution in [2.75, 3.05) is 20.1 Å². The molecule has 0 bridgehead atoms. The summed E-state index contributed by atoms with van der Waals surface area (Å²) in [4.78, 5) is 41.3. The number of aryl methyl sites for hydroxylation is 1. The Morgan fingerprint density at radius 3 is 2.27 bits per heavy atom. The molecule has 0 radical (unpaired) electrons. The van der Waals surface area contributed by atoms with Crippen LogP contribution in [-0.4, -0.2) is 48.9 Å². The van der Waals surface area contributed by atoms with Gasteiger partial charge in [-0.2, -0.15) is 0 Å². The SMILES string of the molecule is CC.CNC(=O)CN(CC(C)ONC(=O)CCc1ccccc1)C(C)=O. The third kappa shape index (κ3) is 10.5. The number of likely N-dealkylation sites (N-methyl/N-ethyl adjacent to an activating group) is 1. The minimum Gasteiger partial charge on any atom is -0.358 e. The molecule has 0 saturated carbocycles. The van der Waals surface area contributed by atoms with Crippen LogP contribution in [0.1, 0.15) is 39.7 Å². The second kappa shape index (κ2) is 13.8. The second-order valence-electron chi connectivity index (χ2n) is 5.51. The molecule has 0 spiro atoms. The summed E-state index contributed by atoms with van der Waals surface area (Å²) in [7, 11) is 1.51. The van der Waals surface area contributed by atoms with Crippen LogP contribution in [0.4, 0.5) is 0 Å². The van der Waals surface area contributed by atoms with Crippen molar-refractivity contribution in [2.24, 2.45) is 0 Å². The molecule has 26 heavy (non-hydrogen) atoms. The Balaban J connectivity index is 0.00000301. The third-order valence-corrected chi connectivity index (χ3v) is 3.39. The smallest absolute Gasteiger partial charge is 0.243 e. The van der Waals surface area contributed by atoms with Crippen LogP contribution in [-0.2, 0) is 25.6 Å². The van der Waals surface area contributed by atoms with Crippen molar-refractivity contribution >= 4 is 17.7 Å². The van der Waals surface area contributed by atoms with Crippen molar-refractivity contribution in [3.05, 3.63) is 35.9 Å². The lowest BCUT2D eigenvalue weighted by atomic mass is 10.1. The van der Waals surface area contributed by atoms with Gasteiger partial charge in [0, 0.05) is 26.9 Å². The average molecular weight is 365 g/mol. The first-order valence-corrected chi connectivity index (χ1v) is 8.87. The molecule has 1 aromatic rings. The van der Waals surface area contributed by atoms with Gasteiger partial charge in [-0.3, -0.25) is 19.2 Å². The van der Waals surface area contributed by atoms with Crippen molar-refractivity contribution in [2.45, 2.75) is 46.6 Å². The van der Waals surface area contributed by atoms with Crippen LogP contribution in [0.15, 0.2) is 30.3 Å². The summed E-state index contributed by atoms with van der Waals surface area (Å²) in [6.45, 7) is 7.27. The van der Waals surface area contributed by atoms with Gasteiger partial charge in [0.1, 0.15) is 6.10 Å². The first-order chi connectivity index (χ1) is 12.4. The van der Waals surface area contributed by atoms with Crippen LogP contribution < -0.4 is 10.8 Å². The van der Waals surface area contributed by atoms with E-state index < -0.39 is 6.10 Å². The zero-order valence-corrected chi connectivity index (χ0v) is 16.4. The number of carbonyl (C=O) groups is 3. The minimum absolute atomic E-state index is 0.0402. The highest BCUT2D eigenvalue weighted by Crippen LogP contribution is 2.02. The van der Waals surface area contributed by atoms with E-state index in [9.17, 15) is 14.4 Å². The predicted octanol–water partition coefficient (Wildman–Crippen LogP) is 1.68. The molecule has 0 saturated heterocycles. The molecule has 1 atom stereocenters. The fourth-order valence-electron chi connectivity index (χ4n) is 2.02. The largest absolute Gasteiger partial charge is 0.358 e. The summed E-state index contributed by atoms with van der Waals surface area (Å²) >= 11 is 0. The molecule has 0 aliphatic carbocycles. The molecule has 1 rings (SSSR count). The predicted molar refractivity (Wildman–Crippen MR) is 101 cm³/mol. The number of hydrogen-bond donors (Lipinski definition) is 2. The minimum atomic E-state index is -0.431. The summed E-state index contributed by atoms with van der Waals surface area (Å²) < 4.78 is 0. The normalized spacial score (nSPS) is 10.8. The van der Waals surface area contributed by atoms with E-state index in [1.165, 1.54) is 18.9 Å². The molecule has 0 aromatic heterocycles. The summed E-state index contributed by atoms with van der Waals surface area (Å²) in [5.41, 5.74) is 3.46. The van der Waals surface area contributed by atoms with Crippen LogP contribution in [0.3, 0.4) is 0 Å². The van der Waals surface area contributed by atoms with Crippen LogP contribution in [0.2, 0.25) is 0 Å².